The minimum Gasteiger partial charge on any atom is -0.489 e. The van der Waals surface area contributed by atoms with Crippen molar-refractivity contribution in [3.8, 4) is 22.8 Å². The number of rotatable bonds is 5. The zero-order chi connectivity index (χ0) is 19.5. The highest BCUT2D eigenvalue weighted by molar-refractivity contribution is 7.83. The third kappa shape index (κ3) is 4.36. The van der Waals surface area contributed by atoms with Gasteiger partial charge in [0.1, 0.15) is 11.6 Å². The second kappa shape index (κ2) is 8.32. The first kappa shape index (κ1) is 19.0. The molecule has 1 aliphatic heterocycles. The maximum atomic E-state index is 13.0. The van der Waals surface area contributed by atoms with Gasteiger partial charge in [0.15, 0.2) is 17.3 Å². The summed E-state index contributed by atoms with van der Waals surface area (Å²) in [7, 11) is -1.25. The van der Waals surface area contributed by atoms with Gasteiger partial charge in [-0.1, -0.05) is 11.6 Å². The van der Waals surface area contributed by atoms with Crippen molar-refractivity contribution in [2.45, 2.75) is 17.9 Å². The zero-order valence-electron chi connectivity index (χ0n) is 14.8. The minimum atomic E-state index is -1.25. The van der Waals surface area contributed by atoms with E-state index in [1.54, 1.807) is 24.4 Å². The van der Waals surface area contributed by atoms with Crippen molar-refractivity contribution in [3.63, 3.8) is 0 Å². The Morgan fingerprint density at radius 1 is 1.11 bits per heavy atom. The van der Waals surface area contributed by atoms with Gasteiger partial charge in [0, 0.05) is 28.5 Å². The Kier molecular flexibility index (Phi) is 5.64. The van der Waals surface area contributed by atoms with Crippen molar-refractivity contribution in [3.05, 3.63) is 64.9 Å². The molecule has 0 bridgehead atoms. The Morgan fingerprint density at radius 3 is 2.71 bits per heavy atom. The van der Waals surface area contributed by atoms with Crippen molar-refractivity contribution in [1.29, 1.82) is 0 Å². The van der Waals surface area contributed by atoms with Crippen LogP contribution >= 0.6 is 11.6 Å². The van der Waals surface area contributed by atoms with Crippen LogP contribution in [0.1, 0.15) is 17.9 Å². The summed E-state index contributed by atoms with van der Waals surface area (Å²) in [6.45, 7) is 1.11. The predicted molar refractivity (Wildman–Crippen MR) is 105 cm³/mol. The smallest absolute Gasteiger partial charge is 0.207 e. The van der Waals surface area contributed by atoms with Gasteiger partial charge in [-0.3, -0.25) is 4.21 Å². The van der Waals surface area contributed by atoms with E-state index in [1.165, 1.54) is 12.1 Å². The fourth-order valence-electron chi connectivity index (χ4n) is 2.87. The fraction of sp³-hybridized carbons (Fsp3) is 0.250. The summed E-state index contributed by atoms with van der Waals surface area (Å²) in [6, 6.07) is 9.47. The monoisotopic (exact) mass is 421 g/mol. The average molecular weight is 422 g/mol. The van der Waals surface area contributed by atoms with E-state index in [2.05, 4.69) is 4.98 Å². The van der Waals surface area contributed by atoms with Crippen LogP contribution in [0.5, 0.6) is 11.5 Å². The van der Waals surface area contributed by atoms with Crippen LogP contribution in [0.3, 0.4) is 0 Å². The third-order valence-electron chi connectivity index (χ3n) is 4.16. The van der Waals surface area contributed by atoms with E-state index in [0.717, 1.165) is 12.0 Å². The number of oxazole rings is 1. The zero-order valence-corrected chi connectivity index (χ0v) is 16.4. The molecule has 1 atom stereocenters. The highest BCUT2D eigenvalue weighted by Crippen LogP contribution is 2.38. The molecule has 0 saturated carbocycles. The van der Waals surface area contributed by atoms with E-state index >= 15 is 0 Å². The SMILES string of the molecule is O=S(Cc1cc(Cl)c2c(c1)OCCCO2)Cc1ncc(-c2ccc(F)cc2)o1. The number of benzene rings is 2. The molecule has 1 aliphatic rings. The second-order valence-corrected chi connectivity index (χ2v) is 8.17. The summed E-state index contributed by atoms with van der Waals surface area (Å²) in [4.78, 5) is 4.17. The van der Waals surface area contributed by atoms with Crippen LogP contribution in [0.2, 0.25) is 5.02 Å². The maximum Gasteiger partial charge on any atom is 0.207 e. The van der Waals surface area contributed by atoms with E-state index in [4.69, 9.17) is 25.5 Å². The van der Waals surface area contributed by atoms with Crippen molar-refractivity contribution in [1.82, 2.24) is 4.98 Å². The standard InChI is InChI=1S/C20H17ClFNO4S/c21-16-8-13(9-17-20(16)26-7-1-6-25-17)11-28(24)12-19-23-10-18(27-19)14-2-4-15(22)5-3-14/h2-5,8-10H,1,6-7,11-12H2. The highest BCUT2D eigenvalue weighted by Gasteiger charge is 2.17. The van der Waals surface area contributed by atoms with Crippen molar-refractivity contribution < 1.29 is 22.5 Å². The lowest BCUT2D eigenvalue weighted by atomic mass is 10.2. The number of hydrogen-bond donors (Lipinski definition) is 0. The Labute approximate surface area is 168 Å². The van der Waals surface area contributed by atoms with Gasteiger partial charge in [0.2, 0.25) is 5.89 Å². The summed E-state index contributed by atoms with van der Waals surface area (Å²) in [6.07, 6.45) is 2.33. The number of hydrogen-bond acceptors (Lipinski definition) is 5. The van der Waals surface area contributed by atoms with Crippen LogP contribution < -0.4 is 9.47 Å². The van der Waals surface area contributed by atoms with Gasteiger partial charge < -0.3 is 13.9 Å². The lowest BCUT2D eigenvalue weighted by Crippen LogP contribution is -2.01. The molecule has 0 radical (unpaired) electrons. The quantitative estimate of drug-likeness (QED) is 0.595. The molecule has 2 heterocycles. The summed E-state index contributed by atoms with van der Waals surface area (Å²) in [5, 5.41) is 0.445. The van der Waals surface area contributed by atoms with Crippen molar-refractivity contribution in [2.24, 2.45) is 0 Å². The molecule has 0 fully saturated rings. The Balaban J connectivity index is 1.44. The molecular weight excluding hydrogens is 405 g/mol. The Morgan fingerprint density at radius 2 is 1.89 bits per heavy atom. The van der Waals surface area contributed by atoms with Crippen LogP contribution in [0.25, 0.3) is 11.3 Å². The summed E-state index contributed by atoms with van der Waals surface area (Å²) in [5.74, 6) is 2.09. The van der Waals surface area contributed by atoms with Crippen LogP contribution in [0, 0.1) is 5.82 Å². The van der Waals surface area contributed by atoms with Crippen LogP contribution in [-0.2, 0) is 22.3 Å². The molecule has 4 rings (SSSR count). The number of nitrogens with zero attached hydrogens (tertiary/aromatic N) is 1. The number of ether oxygens (including phenoxy) is 2. The molecule has 0 spiro atoms. The van der Waals surface area contributed by atoms with Gasteiger partial charge in [0.25, 0.3) is 0 Å². The average Bonchev–Trinajstić information content (AvgIpc) is 2.98. The summed E-state index contributed by atoms with van der Waals surface area (Å²) >= 11 is 6.28. The Hall–Kier alpha value is -2.38. The van der Waals surface area contributed by atoms with Gasteiger partial charge in [-0.15, -0.1) is 0 Å². The molecule has 28 heavy (non-hydrogen) atoms. The predicted octanol–water partition coefficient (Wildman–Crippen LogP) is 4.74. The van der Waals surface area contributed by atoms with Gasteiger partial charge in [-0.05, 0) is 42.0 Å². The molecule has 0 amide bonds. The highest BCUT2D eigenvalue weighted by atomic mass is 35.5. The minimum absolute atomic E-state index is 0.160. The van der Waals surface area contributed by atoms with Crippen molar-refractivity contribution in [2.75, 3.05) is 13.2 Å². The summed E-state index contributed by atoms with van der Waals surface area (Å²) < 4.78 is 42.5. The van der Waals surface area contributed by atoms with Gasteiger partial charge in [-0.25, -0.2) is 9.37 Å². The first-order valence-corrected chi connectivity index (χ1v) is 10.6. The number of halogens is 2. The van der Waals surface area contributed by atoms with Gasteiger partial charge >= 0.3 is 0 Å². The van der Waals surface area contributed by atoms with E-state index in [9.17, 15) is 8.60 Å². The molecular formula is C20H17ClFNO4S. The molecule has 1 unspecified atom stereocenters. The molecule has 2 aromatic carbocycles. The molecule has 146 valence electrons. The van der Waals surface area contributed by atoms with Crippen LogP contribution in [0.4, 0.5) is 4.39 Å². The fourth-order valence-corrected chi connectivity index (χ4v) is 4.20. The van der Waals surface area contributed by atoms with Crippen LogP contribution in [0.15, 0.2) is 47.0 Å². The van der Waals surface area contributed by atoms with Gasteiger partial charge in [0.05, 0.1) is 24.4 Å². The molecule has 8 heteroatoms. The molecule has 5 nitrogen and oxygen atoms in total. The molecule has 0 saturated heterocycles. The lowest BCUT2D eigenvalue weighted by Gasteiger charge is -2.11. The van der Waals surface area contributed by atoms with Crippen molar-refractivity contribution >= 4 is 22.4 Å². The molecule has 1 aromatic heterocycles. The lowest BCUT2D eigenvalue weighted by molar-refractivity contribution is 0.297. The van der Waals surface area contributed by atoms with E-state index in [0.29, 0.717) is 46.9 Å². The van der Waals surface area contributed by atoms with E-state index in [-0.39, 0.29) is 17.3 Å². The molecule has 3 aromatic rings. The first-order valence-electron chi connectivity index (χ1n) is 8.72. The number of aromatic nitrogens is 1. The Bertz CT molecular complexity index is 1010. The third-order valence-corrected chi connectivity index (χ3v) is 5.66. The second-order valence-electron chi connectivity index (χ2n) is 6.31. The largest absolute Gasteiger partial charge is 0.489 e. The molecule has 0 N–H and O–H groups in total. The van der Waals surface area contributed by atoms with Crippen LogP contribution in [-0.4, -0.2) is 22.4 Å². The number of fused-ring (bicyclic) bond motifs is 1. The maximum absolute atomic E-state index is 13.0. The van der Waals surface area contributed by atoms with Gasteiger partial charge in [-0.2, -0.15) is 0 Å². The molecule has 0 aliphatic carbocycles. The summed E-state index contributed by atoms with van der Waals surface area (Å²) in [5.41, 5.74) is 1.50. The van der Waals surface area contributed by atoms with E-state index in [1.807, 2.05) is 6.07 Å². The van der Waals surface area contributed by atoms with E-state index < -0.39 is 10.8 Å². The normalized spacial score (nSPS) is 14.5. The topological polar surface area (TPSA) is 61.6 Å². The first-order chi connectivity index (χ1) is 13.6.